The van der Waals surface area contributed by atoms with Gasteiger partial charge in [0, 0.05) is 0 Å². The fourth-order valence-corrected chi connectivity index (χ4v) is 3.34. The van der Waals surface area contributed by atoms with Crippen molar-refractivity contribution in [3.05, 3.63) is 0 Å². The van der Waals surface area contributed by atoms with E-state index in [0.29, 0.717) is 25.4 Å². The van der Waals surface area contributed by atoms with Crippen LogP contribution in [0.1, 0.15) is 183 Å². The molecule has 0 aliphatic heterocycles. The van der Waals surface area contributed by atoms with Crippen molar-refractivity contribution in [3.63, 3.8) is 0 Å². The highest BCUT2D eigenvalue weighted by atomic mass is 16.6. The first-order chi connectivity index (χ1) is 14.9. The molecule has 0 saturated heterocycles. The second-order valence-electron chi connectivity index (χ2n) is 9.78. The molecule has 0 spiro atoms. The second kappa shape index (κ2) is 45.8. The molecule has 0 aliphatic rings. The van der Waals surface area contributed by atoms with Crippen LogP contribution in [-0.2, 0) is 28.6 Å². The van der Waals surface area contributed by atoms with E-state index < -0.39 is 23.4 Å². The summed E-state index contributed by atoms with van der Waals surface area (Å²) in [6.07, 6.45) is 5.42. The molecule has 1 N–H and O–H groups in total. The van der Waals surface area contributed by atoms with E-state index in [9.17, 15) is 14.4 Å². The van der Waals surface area contributed by atoms with Gasteiger partial charge in [-0.2, -0.15) is 0 Å². The van der Waals surface area contributed by atoms with Gasteiger partial charge in [-0.15, -0.1) is 0 Å². The van der Waals surface area contributed by atoms with E-state index in [2.05, 4.69) is 13.8 Å². The van der Waals surface area contributed by atoms with Crippen LogP contribution in [0.4, 0.5) is 0 Å². The molecule has 0 radical (unpaired) electrons. The van der Waals surface area contributed by atoms with Crippen LogP contribution < -0.4 is 0 Å². The average molecular weight is 651 g/mol. The number of carbonyl (C=O) groups is 3. The first-order valence-electron chi connectivity index (χ1n) is 12.1. The SMILES string of the molecule is C.C.C.C.C.C.C.C.C.C.C.C.CCCCC(CC)COC(=O)C(C)CCC(CC(C)C(=O)OCCO)C(=O)OC(C)(C)C. The fourth-order valence-electron chi connectivity index (χ4n) is 3.34. The lowest BCUT2D eigenvalue weighted by Crippen LogP contribution is -2.31. The molecule has 7 heteroatoms. The van der Waals surface area contributed by atoms with Gasteiger partial charge in [0.25, 0.3) is 0 Å². The molecule has 0 fully saturated rings. The molecule has 0 saturated carbocycles. The summed E-state index contributed by atoms with van der Waals surface area (Å²) in [5.41, 5.74) is -0.645. The average Bonchev–Trinajstić information content (AvgIpc) is 2.72. The molecule has 0 bridgehead atoms. The van der Waals surface area contributed by atoms with E-state index in [-0.39, 0.29) is 127 Å². The third kappa shape index (κ3) is 40.4. The van der Waals surface area contributed by atoms with E-state index >= 15 is 0 Å². The molecule has 0 heterocycles. The van der Waals surface area contributed by atoms with Crippen LogP contribution in [-0.4, -0.2) is 48.4 Å². The molecular weight excluding hydrogens is 556 g/mol. The Hall–Kier alpha value is -1.63. The van der Waals surface area contributed by atoms with Gasteiger partial charge in [0.1, 0.15) is 12.2 Å². The summed E-state index contributed by atoms with van der Waals surface area (Å²) in [4.78, 5) is 37.3. The van der Waals surface area contributed by atoms with Crippen molar-refractivity contribution in [2.45, 2.75) is 188 Å². The van der Waals surface area contributed by atoms with Crippen LogP contribution in [0.2, 0.25) is 0 Å². The number of hydrogen-bond acceptors (Lipinski definition) is 7. The molecule has 44 heavy (non-hydrogen) atoms. The van der Waals surface area contributed by atoms with Crippen LogP contribution in [0, 0.1) is 23.7 Å². The second-order valence-corrected chi connectivity index (χ2v) is 9.78. The molecule has 0 aromatic rings. The van der Waals surface area contributed by atoms with Crippen LogP contribution in [0.3, 0.4) is 0 Å². The van der Waals surface area contributed by atoms with Gasteiger partial charge < -0.3 is 19.3 Å². The van der Waals surface area contributed by atoms with Gasteiger partial charge in [-0.3, -0.25) is 14.4 Å². The highest BCUT2D eigenvalue weighted by Gasteiger charge is 2.30. The Morgan fingerprint density at radius 2 is 1.11 bits per heavy atom. The summed E-state index contributed by atoms with van der Waals surface area (Å²) < 4.78 is 16.1. The topological polar surface area (TPSA) is 99.1 Å². The number of rotatable bonds is 16. The van der Waals surface area contributed by atoms with Gasteiger partial charge in [-0.25, -0.2) is 0 Å². The van der Waals surface area contributed by atoms with Crippen molar-refractivity contribution in [1.82, 2.24) is 0 Å². The van der Waals surface area contributed by atoms with Crippen molar-refractivity contribution in [2.75, 3.05) is 19.8 Å². The summed E-state index contributed by atoms with van der Waals surface area (Å²) in [6.45, 7) is 13.3. The molecule has 0 aromatic carbocycles. The Balaban J connectivity index is -0.0000000728. The van der Waals surface area contributed by atoms with Crippen molar-refractivity contribution in [3.8, 4) is 0 Å². The Morgan fingerprint density at radius 3 is 1.50 bits per heavy atom. The smallest absolute Gasteiger partial charge is 0.309 e. The largest absolute Gasteiger partial charge is 0.465 e. The molecule has 4 atom stereocenters. The molecule has 284 valence electrons. The number of ether oxygens (including phenoxy) is 3. The number of aliphatic hydroxyl groups is 1. The maximum absolute atomic E-state index is 12.7. The summed E-state index contributed by atoms with van der Waals surface area (Å²) >= 11 is 0. The third-order valence-electron chi connectivity index (χ3n) is 5.47. The minimum atomic E-state index is -0.645. The summed E-state index contributed by atoms with van der Waals surface area (Å²) in [6, 6.07) is 0. The Bertz CT molecular complexity index is 557. The molecule has 0 amide bonds. The van der Waals surface area contributed by atoms with E-state index in [4.69, 9.17) is 19.3 Å². The monoisotopic (exact) mass is 651 g/mol. The van der Waals surface area contributed by atoms with Crippen molar-refractivity contribution < 1.29 is 33.7 Å². The van der Waals surface area contributed by atoms with E-state index in [0.717, 1.165) is 25.7 Å². The van der Waals surface area contributed by atoms with E-state index in [1.54, 1.807) is 34.6 Å². The van der Waals surface area contributed by atoms with Gasteiger partial charge in [-0.1, -0.05) is 136 Å². The molecule has 0 aromatic heterocycles. The first-order valence-corrected chi connectivity index (χ1v) is 12.1. The maximum Gasteiger partial charge on any atom is 0.309 e. The fraction of sp³-hybridized carbons (Fsp3) is 0.919. The van der Waals surface area contributed by atoms with Gasteiger partial charge in [0.2, 0.25) is 0 Å². The molecule has 0 aliphatic carbocycles. The molecule has 7 nitrogen and oxygen atoms in total. The van der Waals surface area contributed by atoms with Gasteiger partial charge in [0.05, 0.1) is 31.0 Å². The van der Waals surface area contributed by atoms with E-state index in [1.165, 1.54) is 0 Å². The van der Waals surface area contributed by atoms with Crippen LogP contribution in [0.25, 0.3) is 0 Å². The summed E-state index contributed by atoms with van der Waals surface area (Å²) in [7, 11) is 0. The highest BCUT2D eigenvalue weighted by molar-refractivity contribution is 5.76. The Morgan fingerprint density at radius 1 is 0.659 bits per heavy atom. The van der Waals surface area contributed by atoms with Crippen molar-refractivity contribution in [1.29, 1.82) is 0 Å². The number of hydrogen-bond donors (Lipinski definition) is 1. The predicted molar refractivity (Wildman–Crippen MR) is 205 cm³/mol. The van der Waals surface area contributed by atoms with Gasteiger partial charge in [-0.05, 0) is 52.4 Å². The minimum absolute atomic E-state index is 0. The number of carbonyl (C=O) groups excluding carboxylic acids is 3. The summed E-state index contributed by atoms with van der Waals surface area (Å²) in [5, 5.41) is 8.83. The third-order valence-corrected chi connectivity index (χ3v) is 5.47. The maximum atomic E-state index is 12.7. The first kappa shape index (κ1) is 84.1. The number of unbranched alkanes of at least 4 members (excludes halogenated alkanes) is 1. The van der Waals surface area contributed by atoms with Gasteiger partial charge >= 0.3 is 17.9 Å². The highest BCUT2D eigenvalue weighted by Crippen LogP contribution is 2.25. The standard InChI is InChI=1S/C25H46O7.12CH4/c1-8-10-11-20(9-2)17-31-22(27)18(3)12-13-21(24(29)32-25(5,6)7)16-19(4)23(28)30-15-14-26;;;;;;;;;;;;/h18-21,26H,8-17H2,1-7H3;12*1H4. The predicted octanol–water partition coefficient (Wildman–Crippen LogP) is 12.3. The Labute approximate surface area is 283 Å². The lowest BCUT2D eigenvalue weighted by Gasteiger charge is -2.26. The number of esters is 3. The quantitative estimate of drug-likeness (QED) is 0.131. The van der Waals surface area contributed by atoms with Crippen LogP contribution >= 0.6 is 0 Å². The normalized spacial score (nSPS) is 11.2. The summed E-state index contributed by atoms with van der Waals surface area (Å²) in [5.74, 6) is -2.12. The van der Waals surface area contributed by atoms with Crippen molar-refractivity contribution in [2.24, 2.45) is 23.7 Å². The number of aliphatic hydroxyl groups excluding tert-OH is 1. The van der Waals surface area contributed by atoms with Crippen LogP contribution in [0.5, 0.6) is 0 Å². The zero-order valence-corrected chi connectivity index (χ0v) is 21.3. The minimum Gasteiger partial charge on any atom is -0.465 e. The van der Waals surface area contributed by atoms with Gasteiger partial charge in [0.15, 0.2) is 0 Å². The van der Waals surface area contributed by atoms with Crippen molar-refractivity contribution >= 4 is 17.9 Å². The van der Waals surface area contributed by atoms with E-state index in [1.807, 2.05) is 0 Å². The lowest BCUT2D eigenvalue weighted by molar-refractivity contribution is -0.162. The molecule has 4 unspecified atom stereocenters. The zero-order valence-electron chi connectivity index (χ0n) is 21.3. The lowest BCUT2D eigenvalue weighted by atomic mass is 9.89. The zero-order chi connectivity index (χ0) is 24.7. The molecular formula is C37H94O7. The van der Waals surface area contributed by atoms with Crippen LogP contribution in [0.15, 0.2) is 0 Å². The molecule has 0 rings (SSSR count). The Kier molecular flexibility index (Phi) is 87.5.